The fourth-order valence-electron chi connectivity index (χ4n) is 1.30. The molecule has 86 valence electrons. The van der Waals surface area contributed by atoms with E-state index in [9.17, 15) is 0 Å². The first-order valence-corrected chi connectivity index (χ1v) is 6.04. The largest absolute Gasteiger partial charge is 0.330 e. The molecule has 0 fully saturated rings. The number of hydrogen-bond donors (Lipinski definition) is 1. The van der Waals surface area contributed by atoms with Crippen molar-refractivity contribution in [1.82, 2.24) is 15.2 Å². The molecule has 0 aliphatic carbocycles. The zero-order valence-corrected chi connectivity index (χ0v) is 9.94. The van der Waals surface area contributed by atoms with E-state index < -0.39 is 0 Å². The van der Waals surface area contributed by atoms with Crippen molar-refractivity contribution in [2.45, 2.75) is 12.8 Å². The number of pyridine rings is 1. The van der Waals surface area contributed by atoms with Crippen LogP contribution in [0.15, 0.2) is 18.3 Å². The molecule has 0 saturated heterocycles. The molecule has 2 heterocycles. The summed E-state index contributed by atoms with van der Waals surface area (Å²) < 4.78 is 0. The molecule has 6 heteroatoms. The van der Waals surface area contributed by atoms with Gasteiger partial charge in [0.15, 0.2) is 5.01 Å². The summed E-state index contributed by atoms with van der Waals surface area (Å²) in [7, 11) is 0. The Hall–Kier alpha value is -1.84. The number of hydrogen-bond acceptors (Lipinski definition) is 6. The third-order valence-electron chi connectivity index (χ3n) is 2.17. The van der Waals surface area contributed by atoms with Gasteiger partial charge in [0.25, 0.3) is 0 Å². The van der Waals surface area contributed by atoms with Crippen molar-refractivity contribution in [3.8, 4) is 16.8 Å². The predicted molar refractivity (Wildman–Crippen MR) is 65.2 cm³/mol. The second-order valence-electron chi connectivity index (χ2n) is 3.44. The number of nitrogens with two attached hydrogens (primary N) is 1. The third-order valence-corrected chi connectivity index (χ3v) is 3.18. The van der Waals surface area contributed by atoms with Crippen LogP contribution in [0.2, 0.25) is 0 Å². The topological polar surface area (TPSA) is 88.5 Å². The van der Waals surface area contributed by atoms with Crippen molar-refractivity contribution in [3.63, 3.8) is 0 Å². The van der Waals surface area contributed by atoms with Gasteiger partial charge in [-0.05, 0) is 25.1 Å². The van der Waals surface area contributed by atoms with Gasteiger partial charge in [0, 0.05) is 12.6 Å². The molecule has 5 nitrogen and oxygen atoms in total. The molecular weight excluding hydrogens is 234 g/mol. The molecule has 0 aliphatic rings. The lowest BCUT2D eigenvalue weighted by molar-refractivity contribution is 0.812. The lowest BCUT2D eigenvalue weighted by Crippen LogP contribution is -1.99. The average Bonchev–Trinajstić information content (AvgIpc) is 2.85. The van der Waals surface area contributed by atoms with Crippen LogP contribution >= 0.6 is 11.3 Å². The Kier molecular flexibility index (Phi) is 3.75. The fraction of sp³-hybridized carbons (Fsp3) is 0.273. The van der Waals surface area contributed by atoms with E-state index >= 15 is 0 Å². The van der Waals surface area contributed by atoms with Crippen LogP contribution in [0.1, 0.15) is 17.0 Å². The Bertz CT molecular complexity index is 526. The highest BCUT2D eigenvalue weighted by atomic mass is 32.1. The molecule has 2 rings (SSSR count). The zero-order valence-electron chi connectivity index (χ0n) is 9.13. The highest BCUT2D eigenvalue weighted by molar-refractivity contribution is 7.14. The highest BCUT2D eigenvalue weighted by Crippen LogP contribution is 2.22. The van der Waals surface area contributed by atoms with Crippen molar-refractivity contribution in [2.75, 3.05) is 6.54 Å². The highest BCUT2D eigenvalue weighted by Gasteiger charge is 2.07. The van der Waals surface area contributed by atoms with Crippen LogP contribution in [-0.2, 0) is 6.42 Å². The van der Waals surface area contributed by atoms with Crippen molar-refractivity contribution < 1.29 is 0 Å². The summed E-state index contributed by atoms with van der Waals surface area (Å²) in [4.78, 5) is 4.17. The Morgan fingerprint density at radius 1 is 1.35 bits per heavy atom. The van der Waals surface area contributed by atoms with E-state index in [0.717, 1.165) is 28.6 Å². The van der Waals surface area contributed by atoms with Crippen molar-refractivity contribution >= 4 is 11.3 Å². The van der Waals surface area contributed by atoms with Crippen LogP contribution in [0.5, 0.6) is 0 Å². The van der Waals surface area contributed by atoms with Gasteiger partial charge in [0.05, 0.1) is 5.56 Å². The minimum Gasteiger partial charge on any atom is -0.330 e. The molecule has 0 spiro atoms. The molecule has 0 bridgehead atoms. The summed E-state index contributed by atoms with van der Waals surface area (Å²) in [6.45, 7) is 0.657. The zero-order chi connectivity index (χ0) is 12.1. The SMILES string of the molecule is N#Cc1ccc(-c2nnc(CCCN)s2)nc1. The van der Waals surface area contributed by atoms with Gasteiger partial charge in [-0.3, -0.25) is 4.98 Å². The molecule has 0 aliphatic heterocycles. The number of rotatable bonds is 4. The van der Waals surface area contributed by atoms with Gasteiger partial charge < -0.3 is 5.73 Å². The van der Waals surface area contributed by atoms with E-state index in [0.29, 0.717) is 12.1 Å². The van der Waals surface area contributed by atoms with Gasteiger partial charge in [-0.2, -0.15) is 5.26 Å². The second-order valence-corrected chi connectivity index (χ2v) is 4.50. The van der Waals surface area contributed by atoms with Gasteiger partial charge in [-0.25, -0.2) is 0 Å². The molecule has 2 N–H and O–H groups in total. The third kappa shape index (κ3) is 2.84. The summed E-state index contributed by atoms with van der Waals surface area (Å²) >= 11 is 1.52. The van der Waals surface area contributed by atoms with Gasteiger partial charge in [0.1, 0.15) is 16.8 Å². The summed E-state index contributed by atoms with van der Waals surface area (Å²) in [5.74, 6) is 0. The molecule has 0 saturated carbocycles. The maximum atomic E-state index is 8.67. The maximum Gasteiger partial charge on any atom is 0.166 e. The summed E-state index contributed by atoms with van der Waals surface area (Å²) in [5, 5.41) is 18.6. The van der Waals surface area contributed by atoms with E-state index in [4.69, 9.17) is 11.0 Å². The van der Waals surface area contributed by atoms with Crippen molar-refractivity contribution in [3.05, 3.63) is 28.9 Å². The number of nitriles is 1. The molecular formula is C11H11N5S. The smallest absolute Gasteiger partial charge is 0.166 e. The van der Waals surface area contributed by atoms with Gasteiger partial charge in [-0.15, -0.1) is 10.2 Å². The number of aryl methyl sites for hydroxylation is 1. The molecule has 17 heavy (non-hydrogen) atoms. The monoisotopic (exact) mass is 245 g/mol. The first kappa shape index (κ1) is 11.6. The minimum absolute atomic E-state index is 0.543. The Morgan fingerprint density at radius 3 is 2.88 bits per heavy atom. The quantitative estimate of drug-likeness (QED) is 0.878. The molecule has 0 atom stereocenters. The van der Waals surface area contributed by atoms with Crippen LogP contribution in [0, 0.1) is 11.3 Å². The molecule has 2 aromatic rings. The molecule has 2 aromatic heterocycles. The Labute approximate surface area is 103 Å². The first-order chi connectivity index (χ1) is 8.33. The van der Waals surface area contributed by atoms with E-state index in [1.165, 1.54) is 17.5 Å². The van der Waals surface area contributed by atoms with Crippen LogP contribution in [0.4, 0.5) is 0 Å². The minimum atomic E-state index is 0.543. The molecule has 0 aromatic carbocycles. The van der Waals surface area contributed by atoms with E-state index in [1.807, 2.05) is 6.07 Å². The van der Waals surface area contributed by atoms with Crippen LogP contribution in [-0.4, -0.2) is 21.7 Å². The van der Waals surface area contributed by atoms with Crippen LogP contribution < -0.4 is 5.73 Å². The fourth-order valence-corrected chi connectivity index (χ4v) is 2.16. The molecule has 0 radical (unpaired) electrons. The summed E-state index contributed by atoms with van der Waals surface area (Å²) in [6.07, 6.45) is 3.30. The van der Waals surface area contributed by atoms with Crippen LogP contribution in [0.3, 0.4) is 0 Å². The molecule has 0 unspecified atom stereocenters. The van der Waals surface area contributed by atoms with Gasteiger partial charge >= 0.3 is 0 Å². The van der Waals surface area contributed by atoms with Gasteiger partial charge in [0.2, 0.25) is 0 Å². The Balaban J connectivity index is 2.16. The Morgan fingerprint density at radius 2 is 2.24 bits per heavy atom. The van der Waals surface area contributed by atoms with E-state index in [1.54, 1.807) is 12.1 Å². The van der Waals surface area contributed by atoms with Crippen molar-refractivity contribution in [1.29, 1.82) is 5.26 Å². The number of aromatic nitrogens is 3. The lowest BCUT2D eigenvalue weighted by atomic mass is 10.3. The average molecular weight is 245 g/mol. The maximum absolute atomic E-state index is 8.67. The summed E-state index contributed by atoms with van der Waals surface area (Å²) in [6, 6.07) is 5.54. The van der Waals surface area contributed by atoms with Crippen molar-refractivity contribution in [2.24, 2.45) is 5.73 Å². The second kappa shape index (κ2) is 5.48. The molecule has 0 amide bonds. The first-order valence-electron chi connectivity index (χ1n) is 5.22. The summed E-state index contributed by atoms with van der Waals surface area (Å²) in [5.41, 5.74) is 6.73. The van der Waals surface area contributed by atoms with Crippen LogP contribution in [0.25, 0.3) is 10.7 Å². The standard InChI is InChI=1S/C11H11N5S/c12-5-1-2-10-15-16-11(17-10)9-4-3-8(6-13)7-14-9/h3-4,7H,1-2,5,12H2. The van der Waals surface area contributed by atoms with E-state index in [-0.39, 0.29) is 0 Å². The normalized spacial score (nSPS) is 10.1. The van der Waals surface area contributed by atoms with Gasteiger partial charge in [-0.1, -0.05) is 11.3 Å². The predicted octanol–water partition coefficient (Wildman–Crippen LogP) is 1.36. The van der Waals surface area contributed by atoms with E-state index in [2.05, 4.69) is 15.2 Å². The lowest BCUT2D eigenvalue weighted by Gasteiger charge is -1.93. The number of nitrogens with zero attached hydrogens (tertiary/aromatic N) is 4.